The van der Waals surface area contributed by atoms with Crippen LogP contribution >= 0.6 is 0 Å². The number of sulfonamides is 1. The number of carbonyl (C=O) groups is 1. The van der Waals surface area contributed by atoms with Gasteiger partial charge in [0.2, 0.25) is 10.0 Å². The SMILES string of the molecule is CN(C)Cc1cccc(CNC(=O)Nc2ccc(S(N)(=O)=O)cc2)c1. The van der Waals surface area contributed by atoms with Crippen molar-refractivity contribution in [2.24, 2.45) is 5.14 Å². The van der Waals surface area contributed by atoms with Crippen molar-refractivity contribution in [2.75, 3.05) is 19.4 Å². The number of hydrogen-bond acceptors (Lipinski definition) is 4. The number of hydrogen-bond donors (Lipinski definition) is 3. The molecule has 0 fully saturated rings. The van der Waals surface area contributed by atoms with Gasteiger partial charge < -0.3 is 15.5 Å². The fraction of sp³-hybridized carbons (Fsp3) is 0.235. The van der Waals surface area contributed by atoms with Crippen LogP contribution in [0.15, 0.2) is 53.4 Å². The molecule has 0 aliphatic rings. The molecule has 0 bridgehead atoms. The van der Waals surface area contributed by atoms with Crippen molar-refractivity contribution >= 4 is 21.7 Å². The van der Waals surface area contributed by atoms with E-state index in [0.29, 0.717) is 12.2 Å². The van der Waals surface area contributed by atoms with Crippen LogP contribution in [0.2, 0.25) is 0 Å². The first-order valence-electron chi connectivity index (χ1n) is 7.64. The zero-order valence-electron chi connectivity index (χ0n) is 14.2. The minimum Gasteiger partial charge on any atom is -0.334 e. The Morgan fingerprint density at radius 1 is 1.08 bits per heavy atom. The maximum atomic E-state index is 12.0. The van der Waals surface area contributed by atoms with Gasteiger partial charge in [-0.1, -0.05) is 24.3 Å². The van der Waals surface area contributed by atoms with E-state index in [-0.39, 0.29) is 10.9 Å². The Morgan fingerprint density at radius 3 is 2.32 bits per heavy atom. The number of primary sulfonamides is 1. The largest absolute Gasteiger partial charge is 0.334 e. The maximum Gasteiger partial charge on any atom is 0.319 e. The van der Waals surface area contributed by atoms with Crippen LogP contribution in [0.25, 0.3) is 0 Å². The molecule has 25 heavy (non-hydrogen) atoms. The van der Waals surface area contributed by atoms with Crippen molar-refractivity contribution < 1.29 is 13.2 Å². The summed E-state index contributed by atoms with van der Waals surface area (Å²) < 4.78 is 22.4. The molecule has 0 saturated heterocycles. The summed E-state index contributed by atoms with van der Waals surface area (Å²) in [5, 5.41) is 10.4. The second-order valence-corrected chi connectivity index (χ2v) is 7.50. The number of carbonyl (C=O) groups excluding carboxylic acids is 1. The smallest absolute Gasteiger partial charge is 0.319 e. The van der Waals surface area contributed by atoms with Crippen LogP contribution in [0, 0.1) is 0 Å². The normalized spacial score (nSPS) is 11.4. The number of nitrogens with two attached hydrogens (primary N) is 1. The molecular weight excluding hydrogens is 340 g/mol. The first-order valence-corrected chi connectivity index (χ1v) is 9.19. The minimum atomic E-state index is -3.74. The first-order chi connectivity index (χ1) is 11.7. The van der Waals surface area contributed by atoms with Crippen LogP contribution in [-0.4, -0.2) is 33.4 Å². The molecule has 2 aromatic carbocycles. The molecule has 0 unspecified atom stereocenters. The van der Waals surface area contributed by atoms with Gasteiger partial charge in [-0.2, -0.15) is 0 Å². The topological polar surface area (TPSA) is 105 Å². The highest BCUT2D eigenvalue weighted by molar-refractivity contribution is 7.89. The van der Waals surface area contributed by atoms with Crippen LogP contribution in [0.4, 0.5) is 10.5 Å². The van der Waals surface area contributed by atoms with Gasteiger partial charge in [-0.25, -0.2) is 18.4 Å². The van der Waals surface area contributed by atoms with Crippen LogP contribution < -0.4 is 15.8 Å². The Balaban J connectivity index is 1.90. The minimum absolute atomic E-state index is 0.00355. The standard InChI is InChI=1S/C17H22N4O3S/c1-21(2)12-14-5-3-4-13(10-14)11-19-17(22)20-15-6-8-16(9-7-15)25(18,23)24/h3-10H,11-12H2,1-2H3,(H2,18,23,24)(H2,19,20,22). The third-order valence-electron chi connectivity index (χ3n) is 3.38. The molecule has 0 saturated carbocycles. The third kappa shape index (κ3) is 6.18. The van der Waals surface area contributed by atoms with E-state index in [4.69, 9.17) is 5.14 Å². The summed E-state index contributed by atoms with van der Waals surface area (Å²) in [6, 6.07) is 13.3. The van der Waals surface area contributed by atoms with Crippen molar-refractivity contribution in [2.45, 2.75) is 18.0 Å². The molecule has 0 atom stereocenters. The lowest BCUT2D eigenvalue weighted by Gasteiger charge is -2.12. The highest BCUT2D eigenvalue weighted by atomic mass is 32.2. The van der Waals surface area contributed by atoms with Crippen LogP contribution in [0.1, 0.15) is 11.1 Å². The van der Waals surface area contributed by atoms with Gasteiger partial charge in [0, 0.05) is 18.8 Å². The van der Waals surface area contributed by atoms with Crippen LogP contribution in [-0.2, 0) is 23.1 Å². The van der Waals surface area contributed by atoms with Crippen molar-refractivity contribution in [3.63, 3.8) is 0 Å². The van der Waals surface area contributed by atoms with E-state index in [1.54, 1.807) is 0 Å². The van der Waals surface area contributed by atoms with E-state index in [0.717, 1.165) is 12.1 Å². The van der Waals surface area contributed by atoms with E-state index in [9.17, 15) is 13.2 Å². The molecule has 7 nitrogen and oxygen atoms in total. The number of anilines is 1. The summed E-state index contributed by atoms with van der Waals surface area (Å²) >= 11 is 0. The molecule has 0 radical (unpaired) electrons. The van der Waals surface area contributed by atoms with Gasteiger partial charge in [0.25, 0.3) is 0 Å². The molecule has 2 rings (SSSR count). The van der Waals surface area contributed by atoms with E-state index < -0.39 is 10.0 Å². The number of amides is 2. The molecule has 0 spiro atoms. The highest BCUT2D eigenvalue weighted by Gasteiger charge is 2.08. The molecule has 4 N–H and O–H groups in total. The molecule has 8 heteroatoms. The Hall–Kier alpha value is -2.42. The molecular formula is C17H22N4O3S. The van der Waals surface area contributed by atoms with Gasteiger partial charge >= 0.3 is 6.03 Å². The average Bonchev–Trinajstić information content (AvgIpc) is 2.52. The zero-order valence-corrected chi connectivity index (χ0v) is 15.0. The highest BCUT2D eigenvalue weighted by Crippen LogP contribution is 2.12. The summed E-state index contributed by atoms with van der Waals surface area (Å²) in [4.78, 5) is 14.0. The molecule has 134 valence electrons. The van der Waals surface area contributed by atoms with E-state index in [2.05, 4.69) is 15.5 Å². The number of urea groups is 1. The summed E-state index contributed by atoms with van der Waals surface area (Å²) in [7, 11) is 0.260. The first kappa shape index (κ1) is 18.9. The summed E-state index contributed by atoms with van der Waals surface area (Å²) in [5.41, 5.74) is 2.65. The second kappa shape index (κ2) is 8.11. The number of benzene rings is 2. The summed E-state index contributed by atoms with van der Waals surface area (Å²) in [5.74, 6) is 0. The lowest BCUT2D eigenvalue weighted by atomic mass is 10.1. The molecule has 0 aliphatic heterocycles. The Labute approximate surface area is 147 Å². The van der Waals surface area contributed by atoms with Gasteiger partial charge in [-0.3, -0.25) is 0 Å². The number of rotatable bonds is 6. The number of nitrogens with one attached hydrogen (secondary N) is 2. The predicted octanol–water partition coefficient (Wildman–Crippen LogP) is 1.72. The van der Waals surface area contributed by atoms with Crippen molar-refractivity contribution in [1.82, 2.24) is 10.2 Å². The monoisotopic (exact) mass is 362 g/mol. The predicted molar refractivity (Wildman–Crippen MR) is 97.5 cm³/mol. The Kier molecular flexibility index (Phi) is 6.13. The molecule has 2 amide bonds. The Morgan fingerprint density at radius 2 is 1.72 bits per heavy atom. The summed E-state index contributed by atoms with van der Waals surface area (Å²) in [6.07, 6.45) is 0. The van der Waals surface area contributed by atoms with Crippen LogP contribution in [0.3, 0.4) is 0 Å². The molecule has 0 aliphatic carbocycles. The van der Waals surface area contributed by atoms with E-state index in [1.165, 1.54) is 29.8 Å². The van der Waals surface area contributed by atoms with Crippen LogP contribution in [0.5, 0.6) is 0 Å². The molecule has 0 heterocycles. The van der Waals surface area contributed by atoms with Gasteiger partial charge in [0.15, 0.2) is 0 Å². The zero-order chi connectivity index (χ0) is 18.4. The van der Waals surface area contributed by atoms with Crippen molar-refractivity contribution in [3.8, 4) is 0 Å². The maximum absolute atomic E-state index is 12.0. The van der Waals surface area contributed by atoms with Gasteiger partial charge in [-0.15, -0.1) is 0 Å². The fourth-order valence-corrected chi connectivity index (χ4v) is 2.80. The Bertz CT molecular complexity index is 833. The van der Waals surface area contributed by atoms with E-state index in [1.807, 2.05) is 38.4 Å². The lowest BCUT2D eigenvalue weighted by Crippen LogP contribution is -2.28. The lowest BCUT2D eigenvalue weighted by molar-refractivity contribution is 0.251. The number of nitrogens with zero attached hydrogens (tertiary/aromatic N) is 1. The average molecular weight is 362 g/mol. The fourth-order valence-electron chi connectivity index (χ4n) is 2.29. The quantitative estimate of drug-likeness (QED) is 0.728. The van der Waals surface area contributed by atoms with Crippen molar-refractivity contribution in [3.05, 3.63) is 59.7 Å². The van der Waals surface area contributed by atoms with E-state index >= 15 is 0 Å². The van der Waals surface area contributed by atoms with Gasteiger partial charge in [0.1, 0.15) is 0 Å². The summed E-state index contributed by atoms with van der Waals surface area (Å²) in [6.45, 7) is 1.22. The van der Waals surface area contributed by atoms with Gasteiger partial charge in [0.05, 0.1) is 4.90 Å². The van der Waals surface area contributed by atoms with Gasteiger partial charge in [-0.05, 0) is 49.5 Å². The van der Waals surface area contributed by atoms with Crippen molar-refractivity contribution in [1.29, 1.82) is 0 Å². The third-order valence-corrected chi connectivity index (χ3v) is 4.31. The molecule has 2 aromatic rings. The second-order valence-electron chi connectivity index (χ2n) is 5.93. The molecule has 0 aromatic heterocycles.